The van der Waals surface area contributed by atoms with Gasteiger partial charge in [0.05, 0.1) is 33.9 Å². The topological polar surface area (TPSA) is 145 Å². The fraction of sp³-hybridized carbons (Fsp3) is 0.640. The van der Waals surface area contributed by atoms with Gasteiger partial charge in [-0.25, -0.2) is 0 Å². The molecule has 0 spiro atoms. The number of furan rings is 1. The SMILES string of the molecule is CC/C=C\C/C=C\CC(O)/C=C/C=C\C/C=C\C/C=C\CCC(=O)OC[C@H](COP(=O)([O-])OCC[N+](C)(C)C)OC(=O)CCCCCCCCc1oc(CCCCC)c(C)c1C. The van der Waals surface area contributed by atoms with Crippen molar-refractivity contribution in [3.8, 4) is 0 Å². The Labute approximate surface area is 375 Å². The maximum atomic E-state index is 12.8. The van der Waals surface area contributed by atoms with Crippen LogP contribution in [0.3, 0.4) is 0 Å². The van der Waals surface area contributed by atoms with Crippen LogP contribution in [-0.4, -0.2) is 81.2 Å². The number of phosphoric ester groups is 1. The molecule has 1 aromatic heterocycles. The average molecular weight is 888 g/mol. The zero-order chi connectivity index (χ0) is 45.9. The van der Waals surface area contributed by atoms with Gasteiger partial charge in [-0.15, -0.1) is 0 Å². The number of unbranched alkanes of at least 4 members (excludes halogenated alkanes) is 7. The summed E-state index contributed by atoms with van der Waals surface area (Å²) in [6, 6.07) is 0. The Morgan fingerprint density at radius 2 is 1.32 bits per heavy atom. The van der Waals surface area contributed by atoms with Gasteiger partial charge in [-0.2, -0.15) is 0 Å². The molecule has 0 bridgehead atoms. The number of likely N-dealkylation sites (N-methyl/N-ethyl adjacent to an activating group) is 1. The molecule has 0 saturated carbocycles. The summed E-state index contributed by atoms with van der Waals surface area (Å²) in [6.07, 6.45) is 38.1. The third-order valence-electron chi connectivity index (χ3n) is 10.0. The van der Waals surface area contributed by atoms with Crippen LogP contribution in [0.2, 0.25) is 0 Å². The molecular weight excluding hydrogens is 806 g/mol. The molecule has 352 valence electrons. The number of aliphatic hydroxyl groups is 1. The van der Waals surface area contributed by atoms with Crippen LogP contribution in [0.1, 0.15) is 146 Å². The van der Waals surface area contributed by atoms with Gasteiger partial charge < -0.3 is 37.4 Å². The number of quaternary nitrogens is 1. The third-order valence-corrected chi connectivity index (χ3v) is 11.0. The molecule has 0 aliphatic rings. The quantitative estimate of drug-likeness (QED) is 0.0171. The smallest absolute Gasteiger partial charge is 0.306 e. The maximum absolute atomic E-state index is 12.8. The summed E-state index contributed by atoms with van der Waals surface area (Å²) in [6.45, 7) is 8.16. The highest BCUT2D eigenvalue weighted by Crippen LogP contribution is 2.38. The number of allylic oxidation sites excluding steroid dienone is 10. The first-order valence-electron chi connectivity index (χ1n) is 23.1. The van der Waals surface area contributed by atoms with Crippen molar-refractivity contribution in [1.82, 2.24) is 0 Å². The van der Waals surface area contributed by atoms with Crippen LogP contribution in [0, 0.1) is 13.8 Å². The number of carbonyl (C=O) groups excluding carboxylic acids is 2. The molecule has 62 heavy (non-hydrogen) atoms. The Balaban J connectivity index is 2.45. The first kappa shape index (κ1) is 56.7. The van der Waals surface area contributed by atoms with Crippen molar-refractivity contribution < 1.29 is 51.6 Å². The molecule has 0 amide bonds. The Morgan fingerprint density at radius 3 is 1.98 bits per heavy atom. The molecule has 1 heterocycles. The lowest BCUT2D eigenvalue weighted by Gasteiger charge is -2.28. The highest BCUT2D eigenvalue weighted by atomic mass is 31.2. The second-order valence-corrected chi connectivity index (χ2v) is 18.2. The minimum absolute atomic E-state index is 0.0634. The van der Waals surface area contributed by atoms with Crippen molar-refractivity contribution in [2.75, 3.05) is 47.5 Å². The number of nitrogens with zero attached hydrogens (tertiary/aromatic N) is 1. The number of phosphoric acid groups is 1. The molecule has 12 heteroatoms. The molecule has 11 nitrogen and oxygen atoms in total. The zero-order valence-corrected chi connectivity index (χ0v) is 40.3. The van der Waals surface area contributed by atoms with E-state index in [0.717, 1.165) is 82.1 Å². The van der Waals surface area contributed by atoms with Crippen LogP contribution >= 0.6 is 7.82 Å². The number of aryl methyl sites for hydroxylation is 2. The Kier molecular flexibility index (Phi) is 32.1. The Hall–Kier alpha value is -3.31. The van der Waals surface area contributed by atoms with Crippen molar-refractivity contribution in [3.63, 3.8) is 0 Å². The van der Waals surface area contributed by atoms with Gasteiger partial charge in [-0.1, -0.05) is 125 Å². The molecule has 2 unspecified atom stereocenters. The number of rotatable bonds is 37. The van der Waals surface area contributed by atoms with E-state index >= 15 is 0 Å². The van der Waals surface area contributed by atoms with Crippen molar-refractivity contribution >= 4 is 19.8 Å². The summed E-state index contributed by atoms with van der Waals surface area (Å²) >= 11 is 0. The fourth-order valence-electron chi connectivity index (χ4n) is 6.12. The largest absolute Gasteiger partial charge is 0.756 e. The molecule has 1 rings (SSSR count). The monoisotopic (exact) mass is 888 g/mol. The van der Waals surface area contributed by atoms with Gasteiger partial charge in [0.15, 0.2) is 6.10 Å². The summed E-state index contributed by atoms with van der Waals surface area (Å²) in [4.78, 5) is 37.7. The van der Waals surface area contributed by atoms with Gasteiger partial charge in [-0.3, -0.25) is 14.2 Å². The lowest BCUT2D eigenvalue weighted by molar-refractivity contribution is -0.870. The number of ether oxygens (including phenoxy) is 2. The number of hydrogen-bond donors (Lipinski definition) is 1. The summed E-state index contributed by atoms with van der Waals surface area (Å²) in [5, 5.41) is 10.0. The van der Waals surface area contributed by atoms with E-state index in [1.54, 1.807) is 6.08 Å². The van der Waals surface area contributed by atoms with E-state index < -0.39 is 38.6 Å². The van der Waals surface area contributed by atoms with Gasteiger partial charge in [0.2, 0.25) is 0 Å². The van der Waals surface area contributed by atoms with E-state index in [-0.39, 0.29) is 26.1 Å². The molecule has 1 aromatic rings. The Bertz CT molecular complexity index is 1580. The predicted molar refractivity (Wildman–Crippen MR) is 250 cm³/mol. The van der Waals surface area contributed by atoms with Crippen molar-refractivity contribution in [1.29, 1.82) is 0 Å². The molecule has 3 atom stereocenters. The summed E-state index contributed by atoms with van der Waals surface area (Å²) in [7, 11) is 1.06. The van der Waals surface area contributed by atoms with Crippen LogP contribution in [0.4, 0.5) is 0 Å². The number of hydrogen-bond acceptors (Lipinski definition) is 10. The van der Waals surface area contributed by atoms with Crippen LogP contribution in [-0.2, 0) is 45.5 Å². The molecule has 0 saturated heterocycles. The van der Waals surface area contributed by atoms with Crippen molar-refractivity contribution in [3.05, 3.63) is 95.6 Å². The van der Waals surface area contributed by atoms with Gasteiger partial charge in [-0.05, 0) is 82.8 Å². The first-order valence-corrected chi connectivity index (χ1v) is 24.6. The molecular formula is C50H82NO10P. The summed E-state index contributed by atoms with van der Waals surface area (Å²) < 4.78 is 40.1. The van der Waals surface area contributed by atoms with E-state index in [2.05, 4.69) is 45.9 Å². The maximum Gasteiger partial charge on any atom is 0.306 e. The van der Waals surface area contributed by atoms with Gasteiger partial charge >= 0.3 is 11.9 Å². The molecule has 1 N–H and O–H groups in total. The number of carbonyl (C=O) groups is 2. The average Bonchev–Trinajstić information content (AvgIpc) is 3.48. The summed E-state index contributed by atoms with van der Waals surface area (Å²) in [5.74, 6) is 1.25. The molecule has 0 aliphatic heterocycles. The minimum atomic E-state index is -4.68. The number of aliphatic hydroxyl groups excluding tert-OH is 1. The molecule has 0 aliphatic carbocycles. The second kappa shape index (κ2) is 35.1. The lowest BCUT2D eigenvalue weighted by Crippen LogP contribution is -2.37. The number of esters is 2. The zero-order valence-electron chi connectivity index (χ0n) is 39.4. The Morgan fingerprint density at radius 1 is 0.726 bits per heavy atom. The minimum Gasteiger partial charge on any atom is -0.756 e. The molecule has 0 aromatic carbocycles. The standard InChI is InChI=1S/C50H82NO10P/c1-8-10-12-13-22-28-33-45(52)34-29-23-18-16-14-15-17-19-25-31-37-49(53)57-41-46(42-59-62(55,56)58-40-39-51(5,6)7)60-50(54)38-32-26-21-20-24-30-36-48-44(4)43(3)47(61-48)35-27-11-9-2/h10,12,14-15,18-19,22-23,25,28-29,34,45-46,52H,8-9,11,13,16-17,20-21,24,26-27,30-33,35-42H2,1-7H3/b12-10-,15-14-,23-18-,25-19-,28-22-,34-29+/t45?,46-/m1/s1. The highest BCUT2D eigenvalue weighted by molar-refractivity contribution is 7.45. The highest BCUT2D eigenvalue weighted by Gasteiger charge is 2.22. The fourth-order valence-corrected chi connectivity index (χ4v) is 6.85. The third kappa shape index (κ3) is 31.5. The van der Waals surface area contributed by atoms with Gasteiger partial charge in [0, 0.05) is 25.7 Å². The first-order chi connectivity index (χ1) is 29.7. The van der Waals surface area contributed by atoms with E-state index in [9.17, 15) is 24.2 Å². The van der Waals surface area contributed by atoms with Crippen LogP contribution in [0.15, 0.2) is 77.3 Å². The predicted octanol–water partition coefficient (Wildman–Crippen LogP) is 11.0. The van der Waals surface area contributed by atoms with Gasteiger partial charge in [0.1, 0.15) is 31.3 Å². The normalized spacial score (nSPS) is 14.7. The summed E-state index contributed by atoms with van der Waals surface area (Å²) in [5.41, 5.74) is 2.58. The van der Waals surface area contributed by atoms with Crippen molar-refractivity contribution in [2.24, 2.45) is 0 Å². The second-order valence-electron chi connectivity index (χ2n) is 16.8. The van der Waals surface area contributed by atoms with E-state index in [1.165, 1.54) is 24.0 Å². The van der Waals surface area contributed by atoms with E-state index in [0.29, 0.717) is 36.7 Å². The lowest BCUT2D eigenvalue weighted by atomic mass is 10.0. The van der Waals surface area contributed by atoms with Crippen molar-refractivity contribution in [2.45, 2.75) is 162 Å². The molecule has 0 fully saturated rings. The van der Waals surface area contributed by atoms with Crippen LogP contribution < -0.4 is 4.89 Å². The van der Waals surface area contributed by atoms with E-state index in [1.807, 2.05) is 69.8 Å². The van der Waals surface area contributed by atoms with Crippen LogP contribution in [0.25, 0.3) is 0 Å². The van der Waals surface area contributed by atoms with E-state index in [4.69, 9.17) is 22.9 Å². The van der Waals surface area contributed by atoms with Crippen LogP contribution in [0.5, 0.6) is 0 Å². The molecule has 0 radical (unpaired) electrons. The van der Waals surface area contributed by atoms with Gasteiger partial charge in [0.25, 0.3) is 7.82 Å².